The SMILES string of the molecule is COC(=O)c1c(N=Cc2ccc(O)c(O)c2)sc2c1CCC2. The molecule has 0 saturated heterocycles. The van der Waals surface area contributed by atoms with Crippen molar-refractivity contribution in [2.24, 2.45) is 4.99 Å². The third-order valence-corrected chi connectivity index (χ3v) is 4.82. The highest BCUT2D eigenvalue weighted by Crippen LogP contribution is 2.41. The number of methoxy groups -OCH3 is 1. The first kappa shape index (κ1) is 14.6. The zero-order valence-corrected chi connectivity index (χ0v) is 12.8. The standard InChI is InChI=1S/C16H15NO4S/c1-21-16(20)14-10-3-2-4-13(10)22-15(14)17-8-9-5-6-11(18)12(19)7-9/h5-8,18-19H,2-4H2,1H3. The van der Waals surface area contributed by atoms with Gasteiger partial charge in [-0.1, -0.05) is 0 Å². The van der Waals surface area contributed by atoms with Crippen molar-refractivity contribution in [2.75, 3.05) is 7.11 Å². The highest BCUT2D eigenvalue weighted by Gasteiger charge is 2.26. The fourth-order valence-corrected chi connectivity index (χ4v) is 3.77. The molecule has 1 aliphatic rings. The third kappa shape index (κ3) is 2.57. The second-order valence-electron chi connectivity index (χ2n) is 5.04. The highest BCUT2D eigenvalue weighted by molar-refractivity contribution is 7.16. The number of phenols is 2. The Labute approximate surface area is 131 Å². The first-order valence-electron chi connectivity index (χ1n) is 6.89. The largest absolute Gasteiger partial charge is 0.504 e. The fraction of sp³-hybridized carbons (Fsp3) is 0.250. The number of hydrogen-bond donors (Lipinski definition) is 2. The normalized spacial score (nSPS) is 13.5. The minimum Gasteiger partial charge on any atom is -0.504 e. The van der Waals surface area contributed by atoms with E-state index < -0.39 is 0 Å². The van der Waals surface area contributed by atoms with Crippen molar-refractivity contribution in [3.8, 4) is 11.5 Å². The fourth-order valence-electron chi connectivity index (χ4n) is 2.55. The Kier molecular flexibility index (Phi) is 3.85. The quantitative estimate of drug-likeness (QED) is 0.518. The molecule has 0 spiro atoms. The first-order chi connectivity index (χ1) is 10.6. The van der Waals surface area contributed by atoms with Crippen LogP contribution >= 0.6 is 11.3 Å². The van der Waals surface area contributed by atoms with Gasteiger partial charge in [0.1, 0.15) is 5.00 Å². The summed E-state index contributed by atoms with van der Waals surface area (Å²) in [5.74, 6) is -0.742. The van der Waals surface area contributed by atoms with Gasteiger partial charge in [0.15, 0.2) is 11.5 Å². The summed E-state index contributed by atoms with van der Waals surface area (Å²) in [5, 5.41) is 19.4. The van der Waals surface area contributed by atoms with Gasteiger partial charge in [0.2, 0.25) is 0 Å². The molecule has 114 valence electrons. The van der Waals surface area contributed by atoms with Gasteiger partial charge in [-0.25, -0.2) is 9.79 Å². The summed E-state index contributed by atoms with van der Waals surface area (Å²) in [7, 11) is 1.37. The number of nitrogens with zero attached hydrogens (tertiary/aromatic N) is 1. The van der Waals surface area contributed by atoms with Gasteiger partial charge < -0.3 is 14.9 Å². The van der Waals surface area contributed by atoms with Crippen molar-refractivity contribution in [1.29, 1.82) is 0 Å². The summed E-state index contributed by atoms with van der Waals surface area (Å²) in [6.45, 7) is 0. The van der Waals surface area contributed by atoms with Crippen LogP contribution in [0, 0.1) is 0 Å². The molecule has 0 radical (unpaired) electrons. The number of carbonyl (C=O) groups is 1. The summed E-state index contributed by atoms with van der Waals surface area (Å²) < 4.78 is 4.87. The van der Waals surface area contributed by atoms with Crippen LogP contribution in [0.5, 0.6) is 11.5 Å². The van der Waals surface area contributed by atoms with Crippen molar-refractivity contribution in [3.63, 3.8) is 0 Å². The molecule has 1 aromatic carbocycles. The molecule has 5 nitrogen and oxygen atoms in total. The molecule has 0 saturated carbocycles. The number of aliphatic imine (C=N–C) groups is 1. The van der Waals surface area contributed by atoms with E-state index in [1.165, 1.54) is 35.5 Å². The summed E-state index contributed by atoms with van der Waals surface area (Å²) in [5.41, 5.74) is 2.25. The number of thiophene rings is 1. The second kappa shape index (κ2) is 5.81. The number of esters is 1. The van der Waals surface area contributed by atoms with Crippen LogP contribution in [0.15, 0.2) is 23.2 Å². The molecule has 0 fully saturated rings. The lowest BCUT2D eigenvalue weighted by Crippen LogP contribution is -2.02. The smallest absolute Gasteiger partial charge is 0.341 e. The Morgan fingerprint density at radius 1 is 1.32 bits per heavy atom. The van der Waals surface area contributed by atoms with Gasteiger partial charge in [-0.15, -0.1) is 11.3 Å². The van der Waals surface area contributed by atoms with Crippen LogP contribution in [0.2, 0.25) is 0 Å². The molecular weight excluding hydrogens is 302 g/mol. The Bertz CT molecular complexity index is 764. The Balaban J connectivity index is 1.96. The number of hydrogen-bond acceptors (Lipinski definition) is 6. The number of aryl methyl sites for hydroxylation is 1. The van der Waals surface area contributed by atoms with Crippen LogP contribution in [0.3, 0.4) is 0 Å². The van der Waals surface area contributed by atoms with E-state index >= 15 is 0 Å². The van der Waals surface area contributed by atoms with Crippen molar-refractivity contribution < 1.29 is 19.7 Å². The average molecular weight is 317 g/mol. The Morgan fingerprint density at radius 3 is 2.86 bits per heavy atom. The van der Waals surface area contributed by atoms with E-state index in [1.807, 2.05) is 0 Å². The molecule has 22 heavy (non-hydrogen) atoms. The summed E-state index contributed by atoms with van der Waals surface area (Å²) >= 11 is 1.51. The molecule has 2 N–H and O–H groups in total. The number of phenolic OH excluding ortho intramolecular Hbond substituents is 2. The average Bonchev–Trinajstić information content (AvgIpc) is 3.08. The molecule has 1 heterocycles. The van der Waals surface area contributed by atoms with E-state index in [1.54, 1.807) is 12.3 Å². The number of fused-ring (bicyclic) bond motifs is 1. The van der Waals surface area contributed by atoms with Gasteiger partial charge in [-0.2, -0.15) is 0 Å². The lowest BCUT2D eigenvalue weighted by atomic mass is 10.1. The van der Waals surface area contributed by atoms with Crippen LogP contribution in [0.4, 0.5) is 5.00 Å². The zero-order valence-electron chi connectivity index (χ0n) is 12.0. The minimum atomic E-state index is -0.361. The van der Waals surface area contributed by atoms with E-state index in [0.29, 0.717) is 16.1 Å². The molecule has 0 amide bonds. The maximum absolute atomic E-state index is 12.0. The number of rotatable bonds is 3. The Morgan fingerprint density at radius 2 is 2.14 bits per heavy atom. The highest BCUT2D eigenvalue weighted by atomic mass is 32.1. The number of carbonyl (C=O) groups excluding carboxylic acids is 1. The molecule has 2 aromatic rings. The van der Waals surface area contributed by atoms with Gasteiger partial charge in [0, 0.05) is 11.1 Å². The lowest BCUT2D eigenvalue weighted by Gasteiger charge is -2.01. The van der Waals surface area contributed by atoms with Crippen molar-refractivity contribution in [1.82, 2.24) is 0 Å². The maximum Gasteiger partial charge on any atom is 0.341 e. The summed E-state index contributed by atoms with van der Waals surface area (Å²) in [4.78, 5) is 17.6. The number of ether oxygens (including phenoxy) is 1. The lowest BCUT2D eigenvalue weighted by molar-refractivity contribution is 0.0601. The number of benzene rings is 1. The maximum atomic E-state index is 12.0. The predicted octanol–water partition coefficient (Wildman–Crippen LogP) is 3.19. The van der Waals surface area contributed by atoms with Crippen molar-refractivity contribution in [3.05, 3.63) is 39.8 Å². The number of aromatic hydroxyl groups is 2. The van der Waals surface area contributed by atoms with Gasteiger partial charge in [0.25, 0.3) is 0 Å². The van der Waals surface area contributed by atoms with E-state index in [2.05, 4.69) is 4.99 Å². The van der Waals surface area contributed by atoms with Gasteiger partial charge in [-0.3, -0.25) is 0 Å². The summed E-state index contributed by atoms with van der Waals surface area (Å²) in [6.07, 6.45) is 4.47. The van der Waals surface area contributed by atoms with E-state index in [4.69, 9.17) is 4.74 Å². The molecule has 3 rings (SSSR count). The molecule has 0 aliphatic heterocycles. The molecule has 0 unspecified atom stereocenters. The van der Waals surface area contributed by atoms with E-state index in [9.17, 15) is 15.0 Å². The molecule has 1 aliphatic carbocycles. The van der Waals surface area contributed by atoms with Gasteiger partial charge >= 0.3 is 5.97 Å². The first-order valence-corrected chi connectivity index (χ1v) is 7.70. The Hall–Kier alpha value is -2.34. The summed E-state index contributed by atoms with van der Waals surface area (Å²) in [6, 6.07) is 4.45. The van der Waals surface area contributed by atoms with Gasteiger partial charge in [-0.05, 0) is 48.6 Å². The monoisotopic (exact) mass is 317 g/mol. The van der Waals surface area contributed by atoms with Crippen molar-refractivity contribution >= 4 is 28.5 Å². The van der Waals surface area contributed by atoms with E-state index in [0.717, 1.165) is 24.8 Å². The molecular formula is C16H15NO4S. The zero-order chi connectivity index (χ0) is 15.7. The predicted molar refractivity (Wildman–Crippen MR) is 84.7 cm³/mol. The van der Waals surface area contributed by atoms with Gasteiger partial charge in [0.05, 0.1) is 12.7 Å². The van der Waals surface area contributed by atoms with Crippen LogP contribution in [0.1, 0.15) is 32.8 Å². The van der Waals surface area contributed by atoms with Crippen LogP contribution < -0.4 is 0 Å². The molecule has 1 aromatic heterocycles. The molecule has 0 atom stereocenters. The van der Waals surface area contributed by atoms with Crippen LogP contribution in [-0.2, 0) is 17.6 Å². The topological polar surface area (TPSA) is 79.1 Å². The van der Waals surface area contributed by atoms with E-state index in [-0.39, 0.29) is 17.5 Å². The minimum absolute atomic E-state index is 0.178. The molecule has 0 bridgehead atoms. The molecule has 6 heteroatoms. The third-order valence-electron chi connectivity index (χ3n) is 3.62. The van der Waals surface area contributed by atoms with Crippen molar-refractivity contribution in [2.45, 2.75) is 19.3 Å². The van der Waals surface area contributed by atoms with Crippen LogP contribution in [0.25, 0.3) is 0 Å². The second-order valence-corrected chi connectivity index (χ2v) is 6.12. The van der Waals surface area contributed by atoms with Crippen LogP contribution in [-0.4, -0.2) is 29.5 Å².